The molecule has 2 unspecified atom stereocenters. The zero-order chi connectivity index (χ0) is 54.9. The van der Waals surface area contributed by atoms with Gasteiger partial charge < -0.3 is 42.8 Å². The minimum absolute atomic E-state index is 0.0306. The topological polar surface area (TPSA) is 111 Å². The van der Waals surface area contributed by atoms with Gasteiger partial charge in [-0.15, -0.1) is 0 Å². The molecule has 1 aliphatic rings. The molecule has 0 spiro atoms. The van der Waals surface area contributed by atoms with Crippen LogP contribution in [0.15, 0.2) is 0 Å². The highest BCUT2D eigenvalue weighted by atomic mass is 16.6. The van der Waals surface area contributed by atoms with E-state index in [-0.39, 0.29) is 29.9 Å². The summed E-state index contributed by atoms with van der Waals surface area (Å²) in [5, 5.41) is 0. The van der Waals surface area contributed by atoms with Crippen LogP contribution in [0.4, 0.5) is 0 Å². The number of carbonyl (C=O) groups is 2. The molecule has 0 saturated carbocycles. The monoisotopic (exact) mass is 1080 g/mol. The van der Waals surface area contributed by atoms with Crippen molar-refractivity contribution >= 4 is 11.9 Å². The predicted molar refractivity (Wildman–Crippen MR) is 317 cm³/mol. The van der Waals surface area contributed by atoms with Crippen molar-refractivity contribution in [3.8, 4) is 0 Å². The van der Waals surface area contributed by atoms with Crippen LogP contribution in [0.25, 0.3) is 0 Å². The quantitative estimate of drug-likeness (QED) is 0.0429. The fourth-order valence-electron chi connectivity index (χ4n) is 10.5. The number of ether oxygens (including phenoxy) is 8. The third-order valence-electron chi connectivity index (χ3n) is 15.6. The largest absolute Gasteiger partial charge is 0.465 e. The predicted octanol–water partition coefficient (Wildman–Crippen LogP) is 16.8. The van der Waals surface area contributed by atoms with Gasteiger partial charge in [-0.05, 0) is 97.1 Å². The molecule has 0 bridgehead atoms. The number of esters is 2. The second-order valence-electron chi connectivity index (χ2n) is 22.7. The van der Waals surface area contributed by atoms with Gasteiger partial charge in [0, 0.05) is 25.9 Å². The van der Waals surface area contributed by atoms with E-state index < -0.39 is 0 Å². The summed E-state index contributed by atoms with van der Waals surface area (Å²) in [4.78, 5) is 28.8. The lowest BCUT2D eigenvalue weighted by Crippen LogP contribution is -2.36. The van der Waals surface area contributed by atoms with Gasteiger partial charge in [0.05, 0.1) is 77.9 Å². The van der Waals surface area contributed by atoms with E-state index in [0.717, 1.165) is 116 Å². The highest BCUT2D eigenvalue weighted by molar-refractivity contribution is 5.72. The van der Waals surface area contributed by atoms with Gasteiger partial charge in [-0.2, -0.15) is 0 Å². The van der Waals surface area contributed by atoms with Crippen molar-refractivity contribution in [1.29, 1.82) is 0 Å². The van der Waals surface area contributed by atoms with E-state index in [9.17, 15) is 9.59 Å². The van der Waals surface area contributed by atoms with Crippen molar-refractivity contribution < 1.29 is 47.5 Å². The Balaban J connectivity index is 2.43. The number of nitrogens with zero attached hydrogens (tertiary/aromatic N) is 1. The standard InChI is InChI=1S/C65H127NO10/c1-6-10-14-18-22-30-40-60(41-31-23-19-15-11-7-2)64(67)75-49-38-27-26-36-47-72-58-63(59-73-57-56-71-55-54-70-53-52-69-51-45-62-44-34-35-46-66(62)5)74-48-37-28-29-39-50-76-65(68)61(42-32-24-20-16-12-8-3)43-33-25-21-17-13-9-4/h60-63H,6-59H2,1-5H3. The number of likely N-dealkylation sites (tertiary alicyclic amines) is 1. The third-order valence-corrected chi connectivity index (χ3v) is 15.6. The van der Waals surface area contributed by atoms with Crippen molar-refractivity contribution in [3.05, 3.63) is 0 Å². The van der Waals surface area contributed by atoms with Crippen LogP contribution >= 0.6 is 0 Å². The molecule has 1 heterocycles. The van der Waals surface area contributed by atoms with Crippen LogP contribution in [0.3, 0.4) is 0 Å². The van der Waals surface area contributed by atoms with Crippen molar-refractivity contribution in [2.45, 2.75) is 297 Å². The second kappa shape index (κ2) is 58.3. The lowest BCUT2D eigenvalue weighted by molar-refractivity contribution is -0.150. The van der Waals surface area contributed by atoms with Crippen molar-refractivity contribution in [2.75, 3.05) is 99.5 Å². The average molecular weight is 1080 g/mol. The van der Waals surface area contributed by atoms with E-state index in [1.165, 1.54) is 154 Å². The maximum Gasteiger partial charge on any atom is 0.308 e. The van der Waals surface area contributed by atoms with E-state index >= 15 is 0 Å². The van der Waals surface area contributed by atoms with Gasteiger partial charge in [-0.1, -0.05) is 201 Å². The molecule has 0 N–H and O–H groups in total. The van der Waals surface area contributed by atoms with Crippen molar-refractivity contribution in [3.63, 3.8) is 0 Å². The van der Waals surface area contributed by atoms with E-state index in [4.69, 9.17) is 37.9 Å². The van der Waals surface area contributed by atoms with Crippen LogP contribution in [-0.2, 0) is 47.5 Å². The third kappa shape index (κ3) is 47.5. The molecular weight excluding hydrogens is 955 g/mol. The fourth-order valence-corrected chi connectivity index (χ4v) is 10.5. The van der Waals surface area contributed by atoms with Crippen LogP contribution < -0.4 is 0 Å². The summed E-state index contributed by atoms with van der Waals surface area (Å²) in [6, 6.07) is 0.654. The highest BCUT2D eigenvalue weighted by Crippen LogP contribution is 2.23. The Morgan fingerprint density at radius 3 is 1.14 bits per heavy atom. The van der Waals surface area contributed by atoms with E-state index in [0.29, 0.717) is 85.3 Å². The first-order valence-corrected chi connectivity index (χ1v) is 33.0. The van der Waals surface area contributed by atoms with E-state index in [1.54, 1.807) is 0 Å². The van der Waals surface area contributed by atoms with Gasteiger partial charge in [-0.25, -0.2) is 0 Å². The Morgan fingerprint density at radius 2 is 0.724 bits per heavy atom. The van der Waals surface area contributed by atoms with Gasteiger partial charge in [0.25, 0.3) is 0 Å². The Bertz CT molecular complexity index is 1160. The maximum atomic E-state index is 13.2. The molecule has 76 heavy (non-hydrogen) atoms. The van der Waals surface area contributed by atoms with Crippen LogP contribution in [0.5, 0.6) is 0 Å². The first-order valence-electron chi connectivity index (χ1n) is 33.0. The summed E-state index contributed by atoms with van der Waals surface area (Å²) >= 11 is 0. The summed E-state index contributed by atoms with van der Waals surface area (Å²) in [6.45, 7) is 17.6. The number of rotatable bonds is 61. The molecule has 1 saturated heterocycles. The van der Waals surface area contributed by atoms with Gasteiger partial charge in [0.15, 0.2) is 0 Å². The molecule has 0 aromatic rings. The first kappa shape index (κ1) is 72.7. The number of hydrogen-bond donors (Lipinski definition) is 0. The molecule has 0 radical (unpaired) electrons. The Kier molecular flexibility index (Phi) is 55.8. The highest BCUT2D eigenvalue weighted by Gasteiger charge is 2.21. The Labute approximate surface area is 470 Å². The average Bonchev–Trinajstić information content (AvgIpc) is 3.42. The maximum absolute atomic E-state index is 13.2. The molecule has 1 aliphatic heterocycles. The lowest BCUT2D eigenvalue weighted by Gasteiger charge is -2.32. The lowest BCUT2D eigenvalue weighted by atomic mass is 9.94. The molecule has 2 atom stereocenters. The number of hydrogen-bond acceptors (Lipinski definition) is 11. The minimum Gasteiger partial charge on any atom is -0.465 e. The van der Waals surface area contributed by atoms with E-state index in [1.807, 2.05) is 0 Å². The summed E-state index contributed by atoms with van der Waals surface area (Å²) in [5.74, 6) is 0.179. The van der Waals surface area contributed by atoms with Gasteiger partial charge in [0.1, 0.15) is 6.10 Å². The van der Waals surface area contributed by atoms with E-state index in [2.05, 4.69) is 39.6 Å². The molecule has 1 rings (SSSR count). The molecule has 0 aliphatic carbocycles. The van der Waals surface area contributed by atoms with Crippen LogP contribution in [-0.4, -0.2) is 128 Å². The molecule has 1 fully saturated rings. The van der Waals surface area contributed by atoms with Crippen molar-refractivity contribution in [2.24, 2.45) is 11.8 Å². The van der Waals surface area contributed by atoms with Crippen molar-refractivity contribution in [1.82, 2.24) is 4.90 Å². The number of unbranched alkanes of at least 4 members (excludes halogenated alkanes) is 26. The molecule has 0 amide bonds. The van der Waals surface area contributed by atoms with Crippen LogP contribution in [0, 0.1) is 11.8 Å². The minimum atomic E-state index is -0.155. The summed E-state index contributed by atoms with van der Waals surface area (Å²) in [5.41, 5.74) is 0. The molecule has 11 nitrogen and oxygen atoms in total. The molecule has 0 aromatic heterocycles. The number of carbonyl (C=O) groups excluding carboxylic acids is 2. The summed E-state index contributed by atoms with van der Waals surface area (Å²) in [6.07, 6.45) is 46.6. The van der Waals surface area contributed by atoms with Crippen LogP contribution in [0.1, 0.15) is 285 Å². The zero-order valence-corrected chi connectivity index (χ0v) is 51.0. The summed E-state index contributed by atoms with van der Waals surface area (Å²) < 4.78 is 47.6. The normalized spacial score (nSPS) is 14.6. The molecular formula is C65H127NO10. The van der Waals surface area contributed by atoms with Gasteiger partial charge in [-0.3, -0.25) is 9.59 Å². The Hall–Kier alpha value is -1.34. The fraction of sp³-hybridized carbons (Fsp3) is 0.969. The van der Waals surface area contributed by atoms with Gasteiger partial charge in [0.2, 0.25) is 0 Å². The zero-order valence-electron chi connectivity index (χ0n) is 51.0. The number of piperidine rings is 1. The second-order valence-corrected chi connectivity index (χ2v) is 22.7. The molecule has 11 heteroatoms. The smallest absolute Gasteiger partial charge is 0.308 e. The van der Waals surface area contributed by atoms with Gasteiger partial charge >= 0.3 is 11.9 Å². The SMILES string of the molecule is CCCCCCCCC(CCCCCCCC)C(=O)OCCCCCCOCC(COCCOCCOCCOCCC1CCCCN1C)OCCCCCCOC(=O)C(CCCCCCCC)CCCCCCCC. The first-order chi connectivity index (χ1) is 37.5. The molecule has 0 aromatic carbocycles. The van der Waals surface area contributed by atoms with Crippen LogP contribution in [0.2, 0.25) is 0 Å². The molecule has 452 valence electrons. The summed E-state index contributed by atoms with van der Waals surface area (Å²) in [7, 11) is 2.23. The Morgan fingerprint density at radius 1 is 0.382 bits per heavy atom.